The first-order valence-electron chi connectivity index (χ1n) is 20.2. The van der Waals surface area contributed by atoms with Crippen molar-refractivity contribution in [2.45, 2.75) is 96.3 Å². The number of rotatable bonds is 10. The van der Waals surface area contributed by atoms with Gasteiger partial charge in [-0.1, -0.05) is 79.2 Å². The van der Waals surface area contributed by atoms with Crippen LogP contribution in [0.15, 0.2) is 103 Å². The highest BCUT2D eigenvalue weighted by Crippen LogP contribution is 2.59. The van der Waals surface area contributed by atoms with Crippen LogP contribution < -0.4 is 9.47 Å². The van der Waals surface area contributed by atoms with Crippen molar-refractivity contribution in [3.63, 3.8) is 0 Å². The van der Waals surface area contributed by atoms with Crippen LogP contribution in [0.25, 0.3) is 10.8 Å². The van der Waals surface area contributed by atoms with Gasteiger partial charge in [0.2, 0.25) is 11.7 Å². The molecule has 1 amide bonds. The Hall–Kier alpha value is -4.76. The predicted octanol–water partition coefficient (Wildman–Crippen LogP) is 9.77. The Morgan fingerprint density at radius 1 is 0.895 bits per heavy atom. The number of ether oxygens (including phenoxy) is 2. The summed E-state index contributed by atoms with van der Waals surface area (Å²) < 4.78 is 11.0. The van der Waals surface area contributed by atoms with Gasteiger partial charge in [-0.05, 0) is 128 Å². The lowest BCUT2D eigenvalue weighted by Gasteiger charge is -2.46. The highest BCUT2D eigenvalue weighted by Gasteiger charge is 2.57. The van der Waals surface area contributed by atoms with E-state index in [-0.39, 0.29) is 30.6 Å². The van der Waals surface area contributed by atoms with Crippen LogP contribution in [-0.4, -0.2) is 59.3 Å². The van der Waals surface area contributed by atoms with E-state index in [9.17, 15) is 19.8 Å². The molecule has 4 aromatic carbocycles. The number of hydrogen-bond donors (Lipinski definition) is 2. The number of ketones is 1. The van der Waals surface area contributed by atoms with Gasteiger partial charge in [-0.15, -0.1) is 11.3 Å². The van der Waals surface area contributed by atoms with E-state index in [1.165, 1.54) is 16.9 Å². The summed E-state index contributed by atoms with van der Waals surface area (Å²) in [5.74, 6) is 0.870. The molecule has 8 rings (SSSR count). The van der Waals surface area contributed by atoms with Crippen LogP contribution in [-0.2, 0) is 24.2 Å². The largest absolute Gasteiger partial charge is 0.493 e. The molecule has 1 fully saturated rings. The number of aryl methyl sites for hydroxylation is 1. The molecule has 2 bridgehead atoms. The second kappa shape index (κ2) is 17.0. The van der Waals surface area contributed by atoms with Crippen molar-refractivity contribution in [1.82, 2.24) is 4.90 Å². The molecule has 0 saturated heterocycles. The Bertz CT molecular complexity index is 2290. The monoisotopic (exact) mass is 785 g/mol. The summed E-state index contributed by atoms with van der Waals surface area (Å²) >= 11 is 1.49. The number of aliphatic hydroxyl groups is 2. The molecule has 57 heavy (non-hydrogen) atoms. The highest BCUT2D eigenvalue weighted by atomic mass is 32.1. The highest BCUT2D eigenvalue weighted by molar-refractivity contribution is 7.14. The summed E-state index contributed by atoms with van der Waals surface area (Å²) in [7, 11) is 3.18. The molecule has 8 heteroatoms. The van der Waals surface area contributed by atoms with Crippen molar-refractivity contribution in [3.8, 4) is 11.5 Å². The van der Waals surface area contributed by atoms with Crippen LogP contribution in [0.3, 0.4) is 0 Å². The fourth-order valence-electron chi connectivity index (χ4n) is 9.35. The molecule has 4 atom stereocenters. The van der Waals surface area contributed by atoms with Crippen LogP contribution in [0.4, 0.5) is 0 Å². The molecule has 5 aromatic rings. The van der Waals surface area contributed by atoms with E-state index >= 15 is 0 Å². The number of carbonyl (C=O) groups is 2. The van der Waals surface area contributed by atoms with E-state index in [1.54, 1.807) is 14.2 Å². The van der Waals surface area contributed by atoms with Gasteiger partial charge in [0.1, 0.15) is 0 Å². The number of nitrogens with zero attached hydrogens (tertiary/aromatic N) is 1. The number of benzene rings is 4. The van der Waals surface area contributed by atoms with Crippen molar-refractivity contribution in [2.75, 3.05) is 20.8 Å². The van der Waals surface area contributed by atoms with Crippen LogP contribution in [0, 0.1) is 12.3 Å². The zero-order valence-electron chi connectivity index (χ0n) is 33.8. The molecule has 298 valence electrons. The van der Waals surface area contributed by atoms with Gasteiger partial charge in [0.05, 0.1) is 43.8 Å². The van der Waals surface area contributed by atoms with Crippen LogP contribution in [0.5, 0.6) is 11.5 Å². The molecular formula is C49H55NO6S. The second-order valence-electron chi connectivity index (χ2n) is 16.4. The molecule has 1 heterocycles. The molecule has 7 nitrogen and oxygen atoms in total. The summed E-state index contributed by atoms with van der Waals surface area (Å²) in [6.07, 6.45) is 6.24. The number of fused-ring (bicyclic) bond motifs is 9. The van der Waals surface area contributed by atoms with E-state index in [0.29, 0.717) is 60.6 Å². The lowest BCUT2D eigenvalue weighted by atomic mass is 9.64. The van der Waals surface area contributed by atoms with Crippen molar-refractivity contribution in [2.24, 2.45) is 5.41 Å². The van der Waals surface area contributed by atoms with Gasteiger partial charge in [-0.25, -0.2) is 0 Å². The van der Waals surface area contributed by atoms with Gasteiger partial charge in [-0.3, -0.25) is 9.59 Å². The van der Waals surface area contributed by atoms with E-state index in [1.807, 2.05) is 66.4 Å². The Morgan fingerprint density at radius 3 is 2.46 bits per heavy atom. The zero-order chi connectivity index (χ0) is 40.3. The SMILES string of the molecule is COc1ccc(CC(=O)N(Cc2cccc3ccccc23)CC2(O)CCC3c4ccc(cc4C(=O)c4ccc(C)s4)CC(O)CCC(C)=CCCC32C)cc1OC. The standard InChI is InChI=1S/C49H55NO6S/c1-32-10-9-24-48(3)42(40-20-17-34(26-38(51)19-15-32)27-41(40)47(53)45-22-16-33(2)57-45)23-25-49(48,54)31-50(30-37-13-8-12-36-11-6-7-14-39(36)37)46(52)29-35-18-21-43(55-4)44(28-35)56-5/h6-8,10-14,16-18,20-22,27-28,38,42,51,54H,9,15,19,23-26,29-31H2,1-5H3. The molecule has 4 unspecified atom stereocenters. The fourth-order valence-corrected chi connectivity index (χ4v) is 10.2. The minimum atomic E-state index is -1.27. The van der Waals surface area contributed by atoms with E-state index in [2.05, 4.69) is 56.3 Å². The smallest absolute Gasteiger partial charge is 0.227 e. The number of thiophene rings is 1. The summed E-state index contributed by atoms with van der Waals surface area (Å²) in [5, 5.41) is 26.5. The maximum Gasteiger partial charge on any atom is 0.227 e. The van der Waals surface area contributed by atoms with E-state index in [4.69, 9.17) is 9.47 Å². The van der Waals surface area contributed by atoms with E-state index < -0.39 is 17.1 Å². The Morgan fingerprint density at radius 2 is 1.68 bits per heavy atom. The van der Waals surface area contributed by atoms with Gasteiger partial charge in [0.15, 0.2) is 11.5 Å². The molecule has 0 spiro atoms. The van der Waals surface area contributed by atoms with Gasteiger partial charge >= 0.3 is 0 Å². The number of allylic oxidation sites excluding steroid dienone is 2. The third-order valence-corrected chi connectivity index (χ3v) is 13.7. The summed E-state index contributed by atoms with van der Waals surface area (Å²) in [6.45, 7) is 6.76. The molecule has 0 radical (unpaired) electrons. The fraction of sp³-hybridized carbons (Fsp3) is 0.388. The molecule has 1 saturated carbocycles. The summed E-state index contributed by atoms with van der Waals surface area (Å²) in [5.41, 5.74) is 3.55. The lowest BCUT2D eigenvalue weighted by molar-refractivity contribution is -0.140. The third kappa shape index (κ3) is 8.45. The Balaban J connectivity index is 1.31. The first kappa shape index (κ1) is 40.4. The van der Waals surface area contributed by atoms with Gasteiger partial charge in [0.25, 0.3) is 0 Å². The van der Waals surface area contributed by atoms with Gasteiger partial charge in [-0.2, -0.15) is 0 Å². The first-order chi connectivity index (χ1) is 27.4. The molecule has 0 aliphatic heterocycles. The topological polar surface area (TPSA) is 96.3 Å². The zero-order valence-corrected chi connectivity index (χ0v) is 34.7. The lowest BCUT2D eigenvalue weighted by Crippen LogP contribution is -2.53. The minimum absolute atomic E-state index is 0.0252. The first-order valence-corrected chi connectivity index (χ1v) is 21.0. The predicted molar refractivity (Wildman–Crippen MR) is 229 cm³/mol. The maximum absolute atomic E-state index is 14.7. The maximum atomic E-state index is 14.7. The number of methoxy groups -OCH3 is 2. The van der Waals surface area contributed by atoms with Crippen molar-refractivity contribution >= 4 is 33.8 Å². The Labute approximate surface area is 341 Å². The molecule has 3 aliphatic rings. The third-order valence-electron chi connectivity index (χ3n) is 12.7. The average Bonchev–Trinajstić information content (AvgIpc) is 3.75. The average molecular weight is 786 g/mol. The molecule has 2 N–H and O–H groups in total. The molecular weight excluding hydrogens is 731 g/mol. The summed E-state index contributed by atoms with van der Waals surface area (Å²) in [6, 6.07) is 29.9. The number of aliphatic hydroxyl groups excluding tert-OH is 1. The van der Waals surface area contributed by atoms with Crippen molar-refractivity contribution in [1.29, 1.82) is 0 Å². The van der Waals surface area contributed by atoms with Crippen LogP contribution in [0.2, 0.25) is 0 Å². The van der Waals surface area contributed by atoms with Gasteiger partial charge in [0, 0.05) is 22.4 Å². The Kier molecular flexibility index (Phi) is 12.1. The van der Waals surface area contributed by atoms with E-state index in [0.717, 1.165) is 50.7 Å². The molecule has 3 aliphatic carbocycles. The van der Waals surface area contributed by atoms with Gasteiger partial charge < -0.3 is 24.6 Å². The van der Waals surface area contributed by atoms with Crippen molar-refractivity contribution in [3.05, 3.63) is 140 Å². The second-order valence-corrected chi connectivity index (χ2v) is 17.7. The molecule has 1 aromatic heterocycles. The normalized spacial score (nSPS) is 22.4. The van der Waals surface area contributed by atoms with Crippen molar-refractivity contribution < 1.29 is 29.3 Å². The number of carbonyl (C=O) groups excluding carboxylic acids is 2. The quantitative estimate of drug-likeness (QED) is 0.108. The summed E-state index contributed by atoms with van der Waals surface area (Å²) in [4.78, 5) is 32.7. The minimum Gasteiger partial charge on any atom is -0.493 e. The van der Waals surface area contributed by atoms with Crippen LogP contribution >= 0.6 is 11.3 Å². The number of amides is 1. The van der Waals surface area contributed by atoms with Crippen LogP contribution in [0.1, 0.15) is 101 Å². The number of hydrogen-bond acceptors (Lipinski definition) is 7.